The molecule has 1 atom stereocenters. The van der Waals surface area contributed by atoms with Gasteiger partial charge in [0.25, 0.3) is 5.91 Å². The van der Waals surface area contributed by atoms with E-state index >= 15 is 0 Å². The summed E-state index contributed by atoms with van der Waals surface area (Å²) >= 11 is 1.50. The lowest BCUT2D eigenvalue weighted by molar-refractivity contribution is -0.0503. The van der Waals surface area contributed by atoms with Crippen LogP contribution in [0.5, 0.6) is 5.75 Å². The fourth-order valence-electron chi connectivity index (χ4n) is 3.80. The van der Waals surface area contributed by atoms with Crippen molar-refractivity contribution in [3.05, 3.63) is 36.2 Å². The number of halogens is 2. The van der Waals surface area contributed by atoms with E-state index in [-0.39, 0.29) is 24.2 Å². The van der Waals surface area contributed by atoms with E-state index in [1.807, 2.05) is 30.0 Å². The van der Waals surface area contributed by atoms with Crippen molar-refractivity contribution in [1.82, 2.24) is 24.8 Å². The summed E-state index contributed by atoms with van der Waals surface area (Å²) in [6.07, 6.45) is 2.39. The summed E-state index contributed by atoms with van der Waals surface area (Å²) in [6.45, 7) is 3.94. The molecule has 1 amide bonds. The van der Waals surface area contributed by atoms with Crippen molar-refractivity contribution in [2.75, 3.05) is 63.1 Å². The second-order valence-corrected chi connectivity index (χ2v) is 9.58. The number of hydrogen-bond acceptors (Lipinski definition) is 10. The molecule has 1 unspecified atom stereocenters. The predicted molar refractivity (Wildman–Crippen MR) is 134 cm³/mol. The zero-order chi connectivity index (χ0) is 25.5. The number of ether oxygens (including phenoxy) is 1. The van der Waals surface area contributed by atoms with E-state index in [2.05, 4.69) is 35.2 Å². The van der Waals surface area contributed by atoms with Crippen molar-refractivity contribution in [1.29, 1.82) is 0 Å². The van der Waals surface area contributed by atoms with E-state index in [0.29, 0.717) is 44.2 Å². The molecule has 3 N–H and O–H groups in total. The van der Waals surface area contributed by atoms with E-state index < -0.39 is 6.61 Å². The molecule has 194 valence electrons. The first kappa shape index (κ1) is 25.9. The lowest BCUT2D eigenvalue weighted by Crippen LogP contribution is -2.49. The standard InChI is InChI=1S/C23H29F2N7O3S/c1-15(11-26-22-27-13-17(14-28-22)35-21(24)25)12-29-23-30-18-3-2-16(10-19(18)36-23)20(34)32-6-4-31(5-7-32)8-9-33/h2-3,10,13-15,21,33H,4-9,11-12H2,1H3,(H,29,30)(H,26,27,28). The molecule has 3 heterocycles. The summed E-state index contributed by atoms with van der Waals surface area (Å²) in [7, 11) is 0. The predicted octanol–water partition coefficient (Wildman–Crippen LogP) is 2.60. The molecule has 1 fully saturated rings. The minimum Gasteiger partial charge on any atom is -0.432 e. The van der Waals surface area contributed by atoms with Gasteiger partial charge in [0.1, 0.15) is 0 Å². The van der Waals surface area contributed by atoms with Crippen LogP contribution in [0.1, 0.15) is 17.3 Å². The Bertz CT molecular complexity index is 1140. The number of amides is 1. The van der Waals surface area contributed by atoms with Crippen molar-refractivity contribution < 1.29 is 23.4 Å². The van der Waals surface area contributed by atoms with E-state index in [0.717, 1.165) is 28.4 Å². The Kier molecular flexibility index (Phi) is 8.78. The monoisotopic (exact) mass is 521 g/mol. The molecule has 2 aromatic heterocycles. The SMILES string of the molecule is CC(CNc1ncc(OC(F)F)cn1)CNc1nc2ccc(C(=O)N3CCN(CCO)CC3)cc2s1. The molecule has 36 heavy (non-hydrogen) atoms. The number of fused-ring (bicyclic) bond motifs is 1. The number of β-amino-alcohol motifs (C(OH)–C–C–N with tert-alkyl or cyclic N) is 1. The topological polar surface area (TPSA) is 116 Å². The minimum atomic E-state index is -2.91. The van der Waals surface area contributed by atoms with E-state index in [1.54, 1.807) is 0 Å². The highest BCUT2D eigenvalue weighted by Crippen LogP contribution is 2.27. The third kappa shape index (κ3) is 6.95. The maximum atomic E-state index is 13.0. The quantitative estimate of drug-likeness (QED) is 0.350. The number of nitrogens with zero attached hydrogens (tertiary/aromatic N) is 5. The second kappa shape index (κ2) is 12.2. The van der Waals surface area contributed by atoms with Gasteiger partial charge in [-0.15, -0.1) is 0 Å². The van der Waals surface area contributed by atoms with Crippen LogP contribution in [0, 0.1) is 5.92 Å². The van der Waals surface area contributed by atoms with Crippen LogP contribution in [0.4, 0.5) is 19.9 Å². The lowest BCUT2D eigenvalue weighted by Gasteiger charge is -2.34. The molecule has 4 rings (SSSR count). The Morgan fingerprint density at radius 1 is 1.17 bits per heavy atom. The molecule has 0 radical (unpaired) electrons. The number of rotatable bonds is 11. The van der Waals surface area contributed by atoms with Crippen LogP contribution in [0.3, 0.4) is 0 Å². The maximum Gasteiger partial charge on any atom is 0.387 e. The first-order chi connectivity index (χ1) is 17.4. The van der Waals surface area contributed by atoms with Gasteiger partial charge in [0.05, 0.1) is 29.2 Å². The van der Waals surface area contributed by atoms with Gasteiger partial charge < -0.3 is 25.4 Å². The Balaban J connectivity index is 1.26. The molecule has 1 aliphatic heterocycles. The van der Waals surface area contributed by atoms with Gasteiger partial charge in [-0.25, -0.2) is 15.0 Å². The molecule has 0 saturated carbocycles. The van der Waals surface area contributed by atoms with Gasteiger partial charge in [0.15, 0.2) is 10.9 Å². The van der Waals surface area contributed by atoms with Gasteiger partial charge in [-0.05, 0) is 24.1 Å². The number of carbonyl (C=O) groups excluding carboxylic acids is 1. The number of piperazine rings is 1. The second-order valence-electron chi connectivity index (χ2n) is 8.55. The van der Waals surface area contributed by atoms with E-state index in [4.69, 9.17) is 5.11 Å². The van der Waals surface area contributed by atoms with Crippen LogP contribution >= 0.6 is 11.3 Å². The van der Waals surface area contributed by atoms with E-state index in [9.17, 15) is 13.6 Å². The van der Waals surface area contributed by atoms with Crippen LogP contribution in [0.2, 0.25) is 0 Å². The fraction of sp³-hybridized carbons (Fsp3) is 0.478. The molecule has 3 aromatic rings. The molecule has 0 bridgehead atoms. The van der Waals surface area contributed by atoms with Crippen LogP contribution in [0.25, 0.3) is 10.2 Å². The highest BCUT2D eigenvalue weighted by atomic mass is 32.1. The molecule has 0 spiro atoms. The summed E-state index contributed by atoms with van der Waals surface area (Å²) in [5.74, 6) is 0.445. The third-order valence-corrected chi connectivity index (χ3v) is 6.75. The number of hydrogen-bond donors (Lipinski definition) is 3. The average molecular weight is 522 g/mol. The van der Waals surface area contributed by atoms with Gasteiger partial charge >= 0.3 is 6.61 Å². The van der Waals surface area contributed by atoms with Crippen molar-refractivity contribution in [2.24, 2.45) is 5.92 Å². The Hall–Kier alpha value is -3.16. The highest BCUT2D eigenvalue weighted by Gasteiger charge is 2.22. The number of benzene rings is 1. The molecule has 1 saturated heterocycles. The van der Waals surface area contributed by atoms with Crippen LogP contribution < -0.4 is 15.4 Å². The Morgan fingerprint density at radius 3 is 2.58 bits per heavy atom. The maximum absolute atomic E-state index is 13.0. The number of aromatic nitrogens is 3. The average Bonchev–Trinajstić information content (AvgIpc) is 3.29. The number of thiazole rings is 1. The van der Waals surface area contributed by atoms with Crippen molar-refractivity contribution in [2.45, 2.75) is 13.5 Å². The Morgan fingerprint density at radius 2 is 1.89 bits per heavy atom. The van der Waals surface area contributed by atoms with Gasteiger partial charge in [-0.2, -0.15) is 8.78 Å². The molecule has 0 aliphatic carbocycles. The van der Waals surface area contributed by atoms with Gasteiger partial charge in [0, 0.05) is 51.4 Å². The Labute approximate surface area is 211 Å². The van der Waals surface area contributed by atoms with Crippen LogP contribution in [-0.4, -0.2) is 94.8 Å². The van der Waals surface area contributed by atoms with Crippen LogP contribution in [-0.2, 0) is 0 Å². The summed E-state index contributed by atoms with van der Waals surface area (Å²) in [5, 5.41) is 16.3. The number of anilines is 2. The number of aliphatic hydroxyl groups is 1. The largest absolute Gasteiger partial charge is 0.432 e. The fourth-order valence-corrected chi connectivity index (χ4v) is 4.71. The van der Waals surface area contributed by atoms with Gasteiger partial charge in [-0.1, -0.05) is 18.3 Å². The molecule has 1 aliphatic rings. The number of carbonyl (C=O) groups is 1. The third-order valence-electron chi connectivity index (χ3n) is 5.77. The highest BCUT2D eigenvalue weighted by molar-refractivity contribution is 7.22. The molecular weight excluding hydrogens is 492 g/mol. The van der Waals surface area contributed by atoms with Crippen molar-refractivity contribution in [3.8, 4) is 5.75 Å². The van der Waals surface area contributed by atoms with Gasteiger partial charge in [0.2, 0.25) is 5.95 Å². The summed E-state index contributed by atoms with van der Waals surface area (Å²) in [4.78, 5) is 29.5. The van der Waals surface area contributed by atoms with E-state index in [1.165, 1.54) is 23.7 Å². The molecule has 10 nitrogen and oxygen atoms in total. The number of nitrogens with one attached hydrogen (secondary N) is 2. The number of aliphatic hydroxyl groups excluding tert-OH is 1. The van der Waals surface area contributed by atoms with Crippen molar-refractivity contribution in [3.63, 3.8) is 0 Å². The molecule has 1 aromatic carbocycles. The number of alkyl halides is 2. The first-order valence-electron chi connectivity index (χ1n) is 11.7. The zero-order valence-corrected chi connectivity index (χ0v) is 20.7. The minimum absolute atomic E-state index is 0.0131. The lowest BCUT2D eigenvalue weighted by atomic mass is 10.1. The summed E-state index contributed by atoms with van der Waals surface area (Å²) < 4.78 is 29.6. The normalized spacial score (nSPS) is 15.3. The molecule has 13 heteroatoms. The first-order valence-corrected chi connectivity index (χ1v) is 12.5. The summed E-state index contributed by atoms with van der Waals surface area (Å²) in [5.41, 5.74) is 1.48. The van der Waals surface area contributed by atoms with Gasteiger partial charge in [-0.3, -0.25) is 9.69 Å². The summed E-state index contributed by atoms with van der Waals surface area (Å²) in [6, 6.07) is 5.58. The molecular formula is C23H29F2N7O3S. The smallest absolute Gasteiger partial charge is 0.387 e. The van der Waals surface area contributed by atoms with Crippen molar-refractivity contribution >= 4 is 38.5 Å². The zero-order valence-electron chi connectivity index (χ0n) is 19.9. The van der Waals surface area contributed by atoms with Crippen LogP contribution in [0.15, 0.2) is 30.6 Å².